The lowest BCUT2D eigenvalue weighted by Crippen LogP contribution is -2.18. The molecule has 0 bridgehead atoms. The average Bonchev–Trinajstić information content (AvgIpc) is 2.29. The van der Waals surface area contributed by atoms with E-state index in [9.17, 15) is 0 Å². The Morgan fingerprint density at radius 1 is 1.41 bits per heavy atom. The Morgan fingerprint density at radius 2 is 2.24 bits per heavy atom. The Kier molecular flexibility index (Phi) is 7.06. The van der Waals surface area contributed by atoms with Crippen molar-refractivity contribution < 1.29 is 0 Å². The minimum atomic E-state index is 0.953. The lowest BCUT2D eigenvalue weighted by atomic mass is 10.2. The van der Waals surface area contributed by atoms with Crippen LogP contribution in [-0.4, -0.2) is 18.8 Å². The number of thioether (sulfide) groups is 1. The van der Waals surface area contributed by atoms with E-state index in [0.717, 1.165) is 24.6 Å². The van der Waals surface area contributed by atoms with Crippen molar-refractivity contribution in [1.82, 2.24) is 5.32 Å². The molecule has 1 rings (SSSR count). The van der Waals surface area contributed by atoms with Gasteiger partial charge in [0, 0.05) is 18.1 Å². The van der Waals surface area contributed by atoms with Crippen molar-refractivity contribution >= 4 is 11.8 Å². The van der Waals surface area contributed by atoms with Crippen LogP contribution >= 0.6 is 11.8 Å². The average molecular weight is 249 g/mol. The van der Waals surface area contributed by atoms with Crippen molar-refractivity contribution in [2.45, 2.75) is 26.0 Å². The third-order valence-electron chi connectivity index (χ3n) is 2.46. The highest BCUT2D eigenvalue weighted by Gasteiger charge is 1.97. The van der Waals surface area contributed by atoms with Crippen molar-refractivity contribution in [2.75, 3.05) is 18.8 Å². The molecule has 0 amide bonds. The summed E-state index contributed by atoms with van der Waals surface area (Å²) in [4.78, 5) is 0. The van der Waals surface area contributed by atoms with Gasteiger partial charge in [-0.2, -0.15) is 11.8 Å². The van der Waals surface area contributed by atoms with Crippen LogP contribution in [0.25, 0.3) is 0 Å². The fourth-order valence-corrected chi connectivity index (χ4v) is 2.52. The molecule has 0 aliphatic carbocycles. The third-order valence-corrected chi connectivity index (χ3v) is 3.61. The van der Waals surface area contributed by atoms with E-state index in [4.69, 9.17) is 0 Å². The van der Waals surface area contributed by atoms with Crippen molar-refractivity contribution in [3.63, 3.8) is 0 Å². The number of hydrogen-bond donors (Lipinski definition) is 1. The Labute approximate surface area is 110 Å². The molecule has 0 aromatic heterocycles. The monoisotopic (exact) mass is 249 g/mol. The van der Waals surface area contributed by atoms with Gasteiger partial charge in [-0.1, -0.05) is 48.9 Å². The maximum absolute atomic E-state index is 4.09. The van der Waals surface area contributed by atoms with Crippen LogP contribution in [0.1, 0.15) is 24.5 Å². The van der Waals surface area contributed by atoms with Gasteiger partial charge in [0.05, 0.1) is 0 Å². The van der Waals surface area contributed by atoms with E-state index in [0.29, 0.717) is 0 Å². The van der Waals surface area contributed by atoms with Crippen LogP contribution in [0.3, 0.4) is 0 Å². The molecule has 0 aliphatic heterocycles. The smallest absolute Gasteiger partial charge is 0.0187 e. The van der Waals surface area contributed by atoms with Gasteiger partial charge >= 0.3 is 0 Å². The molecule has 0 heterocycles. The van der Waals surface area contributed by atoms with Gasteiger partial charge < -0.3 is 5.32 Å². The van der Waals surface area contributed by atoms with E-state index in [1.54, 1.807) is 0 Å². The number of hydrogen-bond acceptors (Lipinski definition) is 2. The number of nitrogens with one attached hydrogen (secondary N) is 1. The van der Waals surface area contributed by atoms with Gasteiger partial charge in [-0.15, -0.1) is 0 Å². The van der Waals surface area contributed by atoms with Gasteiger partial charge in [0.25, 0.3) is 0 Å². The van der Waals surface area contributed by atoms with Crippen LogP contribution in [0, 0.1) is 6.92 Å². The first-order valence-electron chi connectivity index (χ1n) is 6.23. The predicted octanol–water partition coefficient (Wildman–Crippen LogP) is 3.78. The molecule has 17 heavy (non-hydrogen) atoms. The van der Waals surface area contributed by atoms with Crippen LogP contribution in [0.5, 0.6) is 0 Å². The summed E-state index contributed by atoms with van der Waals surface area (Å²) in [6, 6.07) is 8.72. The summed E-state index contributed by atoms with van der Waals surface area (Å²) in [6.07, 6.45) is 1.18. The first-order valence-corrected chi connectivity index (χ1v) is 7.38. The second-order valence-electron chi connectivity index (χ2n) is 4.41. The zero-order valence-corrected chi connectivity index (χ0v) is 11.8. The molecule has 0 radical (unpaired) electrons. The summed E-state index contributed by atoms with van der Waals surface area (Å²) in [5.74, 6) is 2.12. The maximum Gasteiger partial charge on any atom is 0.0187 e. The van der Waals surface area contributed by atoms with E-state index in [1.165, 1.54) is 23.1 Å². The number of rotatable bonds is 8. The summed E-state index contributed by atoms with van der Waals surface area (Å²) in [7, 11) is 0. The van der Waals surface area contributed by atoms with Crippen LogP contribution in [-0.2, 0) is 5.75 Å². The highest BCUT2D eigenvalue weighted by atomic mass is 32.2. The van der Waals surface area contributed by atoms with E-state index < -0.39 is 0 Å². The third kappa shape index (κ3) is 6.54. The molecule has 1 N–H and O–H groups in total. The quantitative estimate of drug-likeness (QED) is 0.556. The van der Waals surface area contributed by atoms with Crippen LogP contribution in [0.2, 0.25) is 0 Å². The fourth-order valence-electron chi connectivity index (χ4n) is 1.61. The van der Waals surface area contributed by atoms with Crippen molar-refractivity contribution in [3.8, 4) is 0 Å². The second kappa shape index (κ2) is 8.37. The minimum absolute atomic E-state index is 0.953. The highest BCUT2D eigenvalue weighted by Crippen LogP contribution is 2.15. The molecule has 0 saturated carbocycles. The summed E-state index contributed by atoms with van der Waals surface area (Å²) in [5.41, 5.74) is 4.03. The summed E-state index contributed by atoms with van der Waals surface area (Å²) in [5, 5.41) is 3.38. The standard InChI is InChI=1S/C15H23NS/c1-4-8-16-10-14(3)11-17-12-15-7-5-6-13(2)9-15/h5-7,9,16H,3-4,8,10-12H2,1-2H3. The van der Waals surface area contributed by atoms with E-state index in [1.807, 2.05) is 11.8 Å². The molecule has 0 aliphatic rings. The second-order valence-corrected chi connectivity index (χ2v) is 5.39. The first-order chi connectivity index (χ1) is 8.22. The molecule has 0 saturated heterocycles. The van der Waals surface area contributed by atoms with E-state index in [2.05, 4.69) is 50.0 Å². The van der Waals surface area contributed by atoms with Crippen molar-refractivity contribution in [3.05, 3.63) is 47.5 Å². The maximum atomic E-state index is 4.09. The lowest BCUT2D eigenvalue weighted by Gasteiger charge is -2.07. The topological polar surface area (TPSA) is 12.0 Å². The fraction of sp³-hybridized carbons (Fsp3) is 0.467. The first kappa shape index (κ1) is 14.3. The van der Waals surface area contributed by atoms with Crippen LogP contribution < -0.4 is 5.32 Å². The van der Waals surface area contributed by atoms with Crippen molar-refractivity contribution in [1.29, 1.82) is 0 Å². The van der Waals surface area contributed by atoms with Crippen molar-refractivity contribution in [2.24, 2.45) is 0 Å². The number of benzene rings is 1. The summed E-state index contributed by atoms with van der Waals surface area (Å²) < 4.78 is 0. The zero-order valence-electron chi connectivity index (χ0n) is 11.0. The minimum Gasteiger partial charge on any atom is -0.313 e. The molecule has 1 nitrogen and oxygen atoms in total. The largest absolute Gasteiger partial charge is 0.313 e. The predicted molar refractivity (Wildman–Crippen MR) is 79.6 cm³/mol. The number of aryl methyl sites for hydroxylation is 1. The van der Waals surface area contributed by atoms with Crippen LogP contribution in [0.15, 0.2) is 36.4 Å². The van der Waals surface area contributed by atoms with E-state index >= 15 is 0 Å². The Bertz CT molecular complexity index is 347. The molecule has 0 atom stereocenters. The molecule has 2 heteroatoms. The van der Waals surface area contributed by atoms with Gasteiger partial charge in [-0.25, -0.2) is 0 Å². The molecule has 1 aromatic rings. The molecular weight excluding hydrogens is 226 g/mol. The lowest BCUT2D eigenvalue weighted by molar-refractivity contribution is 0.716. The van der Waals surface area contributed by atoms with E-state index in [-0.39, 0.29) is 0 Å². The molecule has 0 spiro atoms. The molecule has 0 fully saturated rings. The van der Waals surface area contributed by atoms with Gasteiger partial charge in [0.1, 0.15) is 0 Å². The summed E-state index contributed by atoms with van der Waals surface area (Å²) >= 11 is 1.94. The SMILES string of the molecule is C=C(CNCCC)CSCc1cccc(C)c1. The van der Waals surface area contributed by atoms with Gasteiger partial charge in [0.15, 0.2) is 0 Å². The zero-order chi connectivity index (χ0) is 12.5. The molecule has 1 aromatic carbocycles. The Balaban J connectivity index is 2.17. The van der Waals surface area contributed by atoms with Gasteiger partial charge in [-0.05, 0) is 25.5 Å². The van der Waals surface area contributed by atoms with Gasteiger partial charge in [-0.3, -0.25) is 0 Å². The molecule has 0 unspecified atom stereocenters. The highest BCUT2D eigenvalue weighted by molar-refractivity contribution is 7.98. The van der Waals surface area contributed by atoms with Crippen LogP contribution in [0.4, 0.5) is 0 Å². The molecular formula is C15H23NS. The Hall–Kier alpha value is -0.730. The van der Waals surface area contributed by atoms with Gasteiger partial charge in [0.2, 0.25) is 0 Å². The normalized spacial score (nSPS) is 10.5. The molecule has 94 valence electrons. The Morgan fingerprint density at radius 3 is 2.94 bits per heavy atom. The summed E-state index contributed by atoms with van der Waals surface area (Å²) in [6.45, 7) is 10.5.